The number of nitrogen functional groups attached to an aromatic ring is 1. The summed E-state index contributed by atoms with van der Waals surface area (Å²) in [6.45, 7) is 5.14. The summed E-state index contributed by atoms with van der Waals surface area (Å²) in [6, 6.07) is 16.9. The lowest BCUT2D eigenvalue weighted by Crippen LogP contribution is -2.32. The number of rotatable bonds is 6. The van der Waals surface area contributed by atoms with Crippen molar-refractivity contribution in [2.75, 3.05) is 17.6 Å². The van der Waals surface area contributed by atoms with Crippen molar-refractivity contribution in [3.8, 4) is 11.3 Å². The molecule has 1 aromatic heterocycles. The summed E-state index contributed by atoms with van der Waals surface area (Å²) in [5.41, 5.74) is 9.33. The monoisotopic (exact) mass is 397 g/mol. The molecule has 0 radical (unpaired) electrons. The topological polar surface area (TPSA) is 85.0 Å². The number of benzene rings is 2. The van der Waals surface area contributed by atoms with E-state index in [0.717, 1.165) is 11.1 Å². The Hall–Kier alpha value is -2.99. The van der Waals surface area contributed by atoms with Crippen molar-refractivity contribution in [3.63, 3.8) is 0 Å². The van der Waals surface area contributed by atoms with E-state index >= 15 is 0 Å². The molecule has 0 spiro atoms. The van der Waals surface area contributed by atoms with Gasteiger partial charge in [-0.15, -0.1) is 0 Å². The normalized spacial score (nSPS) is 10.9. The first-order valence-electron chi connectivity index (χ1n) is 9.15. The van der Waals surface area contributed by atoms with Gasteiger partial charge in [0.15, 0.2) is 0 Å². The molecule has 0 saturated carbocycles. The number of hydrogen-bond donors (Lipinski definition) is 3. The largest absolute Gasteiger partial charge is 0.382 e. The Morgan fingerprint density at radius 3 is 2.46 bits per heavy atom. The van der Waals surface area contributed by atoms with E-state index in [1.807, 2.05) is 56.3 Å². The van der Waals surface area contributed by atoms with Crippen molar-refractivity contribution in [2.45, 2.75) is 20.4 Å². The first-order valence-corrected chi connectivity index (χ1v) is 9.53. The molecule has 7 heteroatoms. The summed E-state index contributed by atoms with van der Waals surface area (Å²) >= 11 is 6.01. The average Bonchev–Trinajstić information content (AvgIpc) is 2.97. The Labute approximate surface area is 169 Å². The number of urea groups is 1. The van der Waals surface area contributed by atoms with Crippen LogP contribution < -0.4 is 16.4 Å². The van der Waals surface area contributed by atoms with Crippen LogP contribution in [-0.4, -0.2) is 22.4 Å². The van der Waals surface area contributed by atoms with Gasteiger partial charge in [0, 0.05) is 17.1 Å². The Balaban J connectivity index is 1.94. The zero-order valence-electron chi connectivity index (χ0n) is 15.9. The molecule has 0 fully saturated rings. The number of hydrogen-bond acceptors (Lipinski definition) is 3. The molecular weight excluding hydrogens is 374 g/mol. The van der Waals surface area contributed by atoms with E-state index in [-0.39, 0.29) is 6.03 Å². The maximum atomic E-state index is 12.3. The highest BCUT2D eigenvalue weighted by atomic mass is 35.5. The van der Waals surface area contributed by atoms with Crippen molar-refractivity contribution < 1.29 is 4.79 Å². The van der Waals surface area contributed by atoms with E-state index in [1.54, 1.807) is 16.8 Å². The molecule has 6 nitrogen and oxygen atoms in total. The number of anilines is 2. The summed E-state index contributed by atoms with van der Waals surface area (Å²) in [5.74, 6) is 0.744. The summed E-state index contributed by atoms with van der Waals surface area (Å²) in [7, 11) is 0. The van der Waals surface area contributed by atoms with Crippen LogP contribution in [0.4, 0.5) is 16.3 Å². The minimum absolute atomic E-state index is 0.310. The van der Waals surface area contributed by atoms with Gasteiger partial charge in [-0.2, -0.15) is 5.10 Å². The van der Waals surface area contributed by atoms with Crippen LogP contribution in [-0.2, 0) is 6.54 Å². The number of carbonyl (C=O) groups is 1. The first kappa shape index (κ1) is 19.8. The summed E-state index contributed by atoms with van der Waals surface area (Å²) < 4.78 is 1.69. The quantitative estimate of drug-likeness (QED) is 0.567. The minimum atomic E-state index is -0.310. The average molecular weight is 398 g/mol. The van der Waals surface area contributed by atoms with Gasteiger partial charge in [-0.25, -0.2) is 9.48 Å². The van der Waals surface area contributed by atoms with Crippen LogP contribution in [0.15, 0.2) is 54.6 Å². The Bertz CT molecular complexity index is 935. The van der Waals surface area contributed by atoms with Crippen LogP contribution >= 0.6 is 11.6 Å². The zero-order valence-corrected chi connectivity index (χ0v) is 16.7. The van der Waals surface area contributed by atoms with Gasteiger partial charge in [0.25, 0.3) is 0 Å². The fraction of sp³-hybridized carbons (Fsp3) is 0.238. The Morgan fingerprint density at radius 2 is 1.82 bits per heavy atom. The van der Waals surface area contributed by atoms with Gasteiger partial charge in [-0.1, -0.05) is 67.9 Å². The van der Waals surface area contributed by atoms with Crippen LogP contribution in [0.1, 0.15) is 19.4 Å². The third-order valence-corrected chi connectivity index (χ3v) is 4.45. The van der Waals surface area contributed by atoms with Gasteiger partial charge in [-0.05, 0) is 23.6 Å². The smallest absolute Gasteiger partial charge is 0.319 e. The molecule has 0 unspecified atom stereocenters. The van der Waals surface area contributed by atoms with Crippen molar-refractivity contribution in [1.82, 2.24) is 15.1 Å². The second-order valence-corrected chi connectivity index (χ2v) is 7.42. The number of nitrogens with two attached hydrogens (primary N) is 1. The lowest BCUT2D eigenvalue weighted by atomic mass is 10.1. The van der Waals surface area contributed by atoms with Crippen LogP contribution in [0.3, 0.4) is 0 Å². The van der Waals surface area contributed by atoms with E-state index < -0.39 is 0 Å². The zero-order chi connectivity index (χ0) is 20.1. The third kappa shape index (κ3) is 4.84. The summed E-state index contributed by atoms with van der Waals surface area (Å²) in [5, 5.41) is 11.0. The molecule has 0 bridgehead atoms. The number of nitrogens with one attached hydrogen (secondary N) is 2. The fourth-order valence-electron chi connectivity index (χ4n) is 2.74. The van der Waals surface area contributed by atoms with Crippen molar-refractivity contribution >= 4 is 29.1 Å². The standard InChI is InChI=1S/C21H24ClN5O/c1-14(2)12-24-21(28)25-19-18(16-8-10-17(22)11-9-16)26-27(20(19)23)13-15-6-4-3-5-7-15/h3-11,14H,12-13,23H2,1-2H3,(H2,24,25,28). The van der Waals surface area contributed by atoms with Crippen LogP contribution in [0.5, 0.6) is 0 Å². The van der Waals surface area contributed by atoms with Crippen LogP contribution in [0.2, 0.25) is 5.02 Å². The predicted octanol–water partition coefficient (Wildman–Crippen LogP) is 4.61. The molecule has 2 aromatic carbocycles. The van der Waals surface area contributed by atoms with Gasteiger partial charge in [0.2, 0.25) is 0 Å². The minimum Gasteiger partial charge on any atom is -0.382 e. The van der Waals surface area contributed by atoms with Gasteiger partial charge in [0.05, 0.1) is 6.54 Å². The molecule has 0 aliphatic carbocycles. The fourth-order valence-corrected chi connectivity index (χ4v) is 2.87. The molecular formula is C21H24ClN5O. The van der Waals surface area contributed by atoms with Crippen LogP contribution in [0.25, 0.3) is 11.3 Å². The third-order valence-electron chi connectivity index (χ3n) is 4.19. The molecule has 28 heavy (non-hydrogen) atoms. The lowest BCUT2D eigenvalue weighted by molar-refractivity contribution is 0.251. The molecule has 4 N–H and O–H groups in total. The van der Waals surface area contributed by atoms with Crippen molar-refractivity contribution in [3.05, 3.63) is 65.2 Å². The molecule has 2 amide bonds. The summed E-state index contributed by atoms with van der Waals surface area (Å²) in [6.07, 6.45) is 0. The highest BCUT2D eigenvalue weighted by Gasteiger charge is 2.19. The van der Waals surface area contributed by atoms with Gasteiger partial charge in [-0.3, -0.25) is 0 Å². The number of aromatic nitrogens is 2. The molecule has 3 aromatic rings. The van der Waals surface area contributed by atoms with E-state index in [1.165, 1.54) is 0 Å². The van der Waals surface area contributed by atoms with E-state index in [4.69, 9.17) is 17.3 Å². The summed E-state index contributed by atoms with van der Waals surface area (Å²) in [4.78, 5) is 12.3. The second-order valence-electron chi connectivity index (χ2n) is 6.99. The Morgan fingerprint density at radius 1 is 1.14 bits per heavy atom. The van der Waals surface area contributed by atoms with Crippen molar-refractivity contribution in [2.24, 2.45) is 5.92 Å². The number of nitrogens with zero attached hydrogens (tertiary/aromatic N) is 2. The highest BCUT2D eigenvalue weighted by molar-refractivity contribution is 6.30. The molecule has 0 atom stereocenters. The maximum absolute atomic E-state index is 12.3. The number of amides is 2. The van der Waals surface area contributed by atoms with Gasteiger partial charge in [0.1, 0.15) is 17.2 Å². The van der Waals surface area contributed by atoms with E-state index in [0.29, 0.717) is 41.2 Å². The van der Waals surface area contributed by atoms with Crippen LogP contribution in [0, 0.1) is 5.92 Å². The number of halogens is 1. The number of carbonyl (C=O) groups excluding carboxylic acids is 1. The second kappa shape index (κ2) is 8.80. The molecule has 0 aliphatic rings. The molecule has 3 rings (SSSR count). The molecule has 146 valence electrons. The van der Waals surface area contributed by atoms with Gasteiger partial charge < -0.3 is 16.4 Å². The molecule has 1 heterocycles. The highest BCUT2D eigenvalue weighted by Crippen LogP contribution is 2.33. The molecule has 0 saturated heterocycles. The van der Waals surface area contributed by atoms with Gasteiger partial charge >= 0.3 is 6.03 Å². The predicted molar refractivity (Wildman–Crippen MR) is 114 cm³/mol. The Kier molecular flexibility index (Phi) is 6.21. The SMILES string of the molecule is CC(C)CNC(=O)Nc1c(-c2ccc(Cl)cc2)nn(Cc2ccccc2)c1N. The van der Waals surface area contributed by atoms with E-state index in [9.17, 15) is 4.79 Å². The van der Waals surface area contributed by atoms with E-state index in [2.05, 4.69) is 15.7 Å². The molecule has 0 aliphatic heterocycles. The van der Waals surface area contributed by atoms with Crippen molar-refractivity contribution in [1.29, 1.82) is 0 Å². The first-order chi connectivity index (χ1) is 13.4. The maximum Gasteiger partial charge on any atom is 0.319 e. The lowest BCUT2D eigenvalue weighted by Gasteiger charge is -2.10.